The molecule has 0 atom stereocenters. The van der Waals surface area contributed by atoms with Gasteiger partial charge in [0.25, 0.3) is 0 Å². The van der Waals surface area contributed by atoms with Crippen LogP contribution in [-0.4, -0.2) is 53.5 Å². The normalized spacial score (nSPS) is 14.6. The van der Waals surface area contributed by atoms with Crippen LogP contribution in [0.4, 0.5) is 14.9 Å². The van der Waals surface area contributed by atoms with E-state index < -0.39 is 0 Å². The maximum absolute atomic E-state index is 13.8. The van der Waals surface area contributed by atoms with Crippen LogP contribution in [0.25, 0.3) is 0 Å². The van der Waals surface area contributed by atoms with Gasteiger partial charge >= 0.3 is 6.03 Å². The highest BCUT2D eigenvalue weighted by Crippen LogP contribution is 2.20. The lowest BCUT2D eigenvalue weighted by molar-refractivity contribution is 0.192. The Morgan fingerprint density at radius 3 is 2.80 bits per heavy atom. The number of para-hydroxylation sites is 1. The van der Waals surface area contributed by atoms with Crippen molar-refractivity contribution in [3.05, 3.63) is 41.8 Å². The largest absolute Gasteiger partial charge is 0.366 e. The molecule has 0 saturated carbocycles. The summed E-state index contributed by atoms with van der Waals surface area (Å²) < 4.78 is 18.9. The van der Waals surface area contributed by atoms with Crippen LogP contribution in [0.3, 0.4) is 0 Å². The Morgan fingerprint density at radius 2 is 2.08 bits per heavy atom. The Kier molecular flexibility index (Phi) is 5.75. The lowest BCUT2D eigenvalue weighted by Crippen LogP contribution is -2.51. The highest BCUT2D eigenvalue weighted by atomic mass is 32.2. The molecular formula is C16H20FN5O2S. The van der Waals surface area contributed by atoms with E-state index in [4.69, 9.17) is 4.52 Å². The number of hydrogen-bond donors (Lipinski definition) is 1. The predicted octanol–water partition coefficient (Wildman–Crippen LogP) is 2.10. The maximum Gasteiger partial charge on any atom is 0.317 e. The van der Waals surface area contributed by atoms with Gasteiger partial charge in [0.1, 0.15) is 5.82 Å². The maximum atomic E-state index is 13.8. The predicted molar refractivity (Wildman–Crippen MR) is 93.9 cm³/mol. The molecule has 1 N–H and O–H groups in total. The van der Waals surface area contributed by atoms with Crippen molar-refractivity contribution in [3.8, 4) is 0 Å². The number of thioether (sulfide) groups is 1. The summed E-state index contributed by atoms with van der Waals surface area (Å²) in [6.45, 7) is 2.44. The summed E-state index contributed by atoms with van der Waals surface area (Å²) in [6, 6.07) is 6.51. The fraction of sp³-hybridized carbons (Fsp3) is 0.438. The first kappa shape index (κ1) is 17.5. The summed E-state index contributed by atoms with van der Waals surface area (Å²) in [5.41, 5.74) is 0.578. The lowest BCUT2D eigenvalue weighted by atomic mass is 10.2. The highest BCUT2D eigenvalue weighted by molar-refractivity contribution is 7.97. The van der Waals surface area contributed by atoms with E-state index in [9.17, 15) is 9.18 Å². The molecule has 3 rings (SSSR count). The number of carbonyl (C=O) groups is 1. The van der Waals surface area contributed by atoms with Gasteiger partial charge in [0.05, 0.1) is 18.0 Å². The quantitative estimate of drug-likeness (QED) is 0.875. The van der Waals surface area contributed by atoms with Gasteiger partial charge in [-0.05, 0) is 18.4 Å². The zero-order valence-electron chi connectivity index (χ0n) is 13.9. The number of aromatic nitrogens is 2. The molecule has 0 unspecified atom stereocenters. The SMILES string of the molecule is CSCc1noc(CNC(=O)N2CCN(c3ccccc3F)CC2)n1. The van der Waals surface area contributed by atoms with Crippen LogP contribution < -0.4 is 10.2 Å². The third-order valence-electron chi connectivity index (χ3n) is 3.93. The Hall–Kier alpha value is -2.29. The molecule has 1 aromatic carbocycles. The van der Waals surface area contributed by atoms with Crippen LogP contribution in [0.1, 0.15) is 11.7 Å². The first-order chi connectivity index (χ1) is 12.2. The monoisotopic (exact) mass is 365 g/mol. The molecule has 134 valence electrons. The Labute approximate surface area is 149 Å². The summed E-state index contributed by atoms with van der Waals surface area (Å²) in [5.74, 6) is 1.45. The number of nitrogens with zero attached hydrogens (tertiary/aromatic N) is 4. The number of carbonyl (C=O) groups excluding carboxylic acids is 1. The summed E-state index contributed by atoms with van der Waals surface area (Å²) in [6.07, 6.45) is 1.96. The highest BCUT2D eigenvalue weighted by Gasteiger charge is 2.22. The summed E-state index contributed by atoms with van der Waals surface area (Å²) >= 11 is 1.60. The van der Waals surface area contributed by atoms with E-state index >= 15 is 0 Å². The van der Waals surface area contributed by atoms with E-state index in [0.717, 1.165) is 0 Å². The second kappa shape index (κ2) is 8.19. The van der Waals surface area contributed by atoms with Crippen molar-refractivity contribution in [2.75, 3.05) is 37.3 Å². The van der Waals surface area contributed by atoms with Crippen LogP contribution in [0.2, 0.25) is 0 Å². The van der Waals surface area contributed by atoms with Gasteiger partial charge in [0.15, 0.2) is 5.82 Å². The summed E-state index contributed by atoms with van der Waals surface area (Å²) in [5, 5.41) is 6.62. The van der Waals surface area contributed by atoms with Crippen molar-refractivity contribution < 1.29 is 13.7 Å². The summed E-state index contributed by atoms with van der Waals surface area (Å²) in [7, 11) is 0. The molecule has 0 bridgehead atoms. The molecule has 0 spiro atoms. The lowest BCUT2D eigenvalue weighted by Gasteiger charge is -2.36. The van der Waals surface area contributed by atoms with Crippen molar-refractivity contribution >= 4 is 23.5 Å². The third kappa shape index (κ3) is 4.41. The molecule has 7 nitrogen and oxygen atoms in total. The van der Waals surface area contributed by atoms with Crippen molar-refractivity contribution in [1.82, 2.24) is 20.4 Å². The fourth-order valence-corrected chi connectivity index (χ4v) is 3.05. The van der Waals surface area contributed by atoms with Gasteiger partial charge in [-0.3, -0.25) is 0 Å². The van der Waals surface area contributed by atoms with E-state index in [1.54, 1.807) is 28.8 Å². The van der Waals surface area contributed by atoms with Crippen LogP contribution in [0, 0.1) is 5.82 Å². The number of hydrogen-bond acceptors (Lipinski definition) is 6. The second-order valence-corrected chi connectivity index (χ2v) is 6.49. The van der Waals surface area contributed by atoms with Gasteiger partial charge in [0.2, 0.25) is 5.89 Å². The minimum atomic E-state index is -0.238. The number of urea groups is 1. The molecule has 25 heavy (non-hydrogen) atoms. The molecule has 1 aromatic heterocycles. The second-order valence-electron chi connectivity index (χ2n) is 5.62. The van der Waals surface area contributed by atoms with Crippen LogP contribution in [0.5, 0.6) is 0 Å². The van der Waals surface area contributed by atoms with Gasteiger partial charge in [-0.1, -0.05) is 17.3 Å². The topological polar surface area (TPSA) is 74.5 Å². The Bertz CT molecular complexity index is 718. The molecule has 1 saturated heterocycles. The number of benzene rings is 1. The van der Waals surface area contributed by atoms with Crippen molar-refractivity contribution in [2.24, 2.45) is 0 Å². The minimum Gasteiger partial charge on any atom is -0.366 e. The molecule has 9 heteroatoms. The van der Waals surface area contributed by atoms with E-state index in [2.05, 4.69) is 15.5 Å². The van der Waals surface area contributed by atoms with E-state index in [1.165, 1.54) is 6.07 Å². The van der Waals surface area contributed by atoms with Gasteiger partial charge < -0.3 is 19.6 Å². The smallest absolute Gasteiger partial charge is 0.317 e. The summed E-state index contributed by atoms with van der Waals surface area (Å²) in [4.78, 5) is 20.1. The number of halogens is 1. The Morgan fingerprint density at radius 1 is 1.32 bits per heavy atom. The van der Waals surface area contributed by atoms with Crippen molar-refractivity contribution in [3.63, 3.8) is 0 Å². The number of rotatable bonds is 5. The molecule has 1 fully saturated rings. The molecule has 1 aliphatic rings. The van der Waals surface area contributed by atoms with Gasteiger partial charge in [-0.25, -0.2) is 9.18 Å². The molecular weight excluding hydrogens is 345 g/mol. The molecule has 2 heterocycles. The zero-order valence-corrected chi connectivity index (χ0v) is 14.8. The molecule has 2 aromatic rings. The molecule has 0 radical (unpaired) electrons. The van der Waals surface area contributed by atoms with Gasteiger partial charge in [-0.15, -0.1) is 0 Å². The first-order valence-corrected chi connectivity index (χ1v) is 9.39. The fourth-order valence-electron chi connectivity index (χ4n) is 2.67. The standard InChI is InChI=1S/C16H20FN5O2S/c1-25-11-14-19-15(24-20-14)10-18-16(23)22-8-6-21(7-9-22)13-5-3-2-4-12(13)17/h2-5H,6-11H2,1H3,(H,18,23). The number of amides is 2. The third-order valence-corrected chi connectivity index (χ3v) is 4.48. The number of anilines is 1. The average Bonchev–Trinajstić information content (AvgIpc) is 3.08. The van der Waals surface area contributed by atoms with Crippen molar-refractivity contribution in [2.45, 2.75) is 12.3 Å². The molecule has 1 aliphatic heterocycles. The van der Waals surface area contributed by atoms with E-state index in [0.29, 0.717) is 49.3 Å². The van der Waals surface area contributed by atoms with Gasteiger partial charge in [-0.2, -0.15) is 16.7 Å². The number of piperazine rings is 1. The van der Waals surface area contributed by atoms with Crippen molar-refractivity contribution in [1.29, 1.82) is 0 Å². The Balaban J connectivity index is 1.47. The van der Waals surface area contributed by atoms with Gasteiger partial charge in [0, 0.05) is 26.2 Å². The zero-order chi connectivity index (χ0) is 17.6. The van der Waals surface area contributed by atoms with E-state index in [1.807, 2.05) is 17.2 Å². The number of nitrogens with one attached hydrogen (secondary N) is 1. The average molecular weight is 365 g/mol. The molecule has 2 amide bonds. The minimum absolute atomic E-state index is 0.183. The first-order valence-electron chi connectivity index (χ1n) is 8.00. The van der Waals surface area contributed by atoms with Crippen LogP contribution in [0.15, 0.2) is 28.8 Å². The van der Waals surface area contributed by atoms with E-state index in [-0.39, 0.29) is 18.4 Å². The molecule has 0 aliphatic carbocycles. The van der Waals surface area contributed by atoms with Crippen LogP contribution >= 0.6 is 11.8 Å². The van der Waals surface area contributed by atoms with Crippen LogP contribution in [-0.2, 0) is 12.3 Å².